The first-order valence-corrected chi connectivity index (χ1v) is 6.68. The lowest BCUT2D eigenvalue weighted by Crippen LogP contribution is -2.44. The molecule has 2 N–H and O–H groups in total. The zero-order valence-corrected chi connectivity index (χ0v) is 13.3. The van der Waals surface area contributed by atoms with Gasteiger partial charge in [0.05, 0.1) is 6.04 Å². The highest BCUT2D eigenvalue weighted by atomic mass is 35.5. The van der Waals surface area contributed by atoms with Gasteiger partial charge in [0.25, 0.3) is 0 Å². The van der Waals surface area contributed by atoms with E-state index in [2.05, 4.69) is 0 Å². The SMILES string of the molecule is CCCN(CCC)C(=O)C(N)CCC(=O)N(C)C.Cl. The number of rotatable bonds is 8. The summed E-state index contributed by atoms with van der Waals surface area (Å²) in [5, 5.41) is 0. The van der Waals surface area contributed by atoms with Crippen molar-refractivity contribution in [2.24, 2.45) is 5.73 Å². The van der Waals surface area contributed by atoms with E-state index in [1.54, 1.807) is 19.0 Å². The zero-order chi connectivity index (χ0) is 14.1. The number of amides is 2. The van der Waals surface area contributed by atoms with Crippen molar-refractivity contribution in [1.29, 1.82) is 0 Å². The Morgan fingerprint density at radius 2 is 1.58 bits per heavy atom. The van der Waals surface area contributed by atoms with E-state index < -0.39 is 6.04 Å². The van der Waals surface area contributed by atoms with Crippen LogP contribution in [0.1, 0.15) is 39.5 Å². The van der Waals surface area contributed by atoms with Crippen LogP contribution in [0.2, 0.25) is 0 Å². The van der Waals surface area contributed by atoms with Crippen molar-refractivity contribution >= 4 is 24.2 Å². The van der Waals surface area contributed by atoms with Crippen molar-refractivity contribution in [2.45, 2.75) is 45.6 Å². The number of nitrogens with two attached hydrogens (primary N) is 1. The van der Waals surface area contributed by atoms with Gasteiger partial charge in [-0.15, -0.1) is 12.4 Å². The van der Waals surface area contributed by atoms with Crippen LogP contribution in [-0.4, -0.2) is 54.8 Å². The lowest BCUT2D eigenvalue weighted by molar-refractivity contribution is -0.133. The Morgan fingerprint density at radius 1 is 1.11 bits per heavy atom. The maximum absolute atomic E-state index is 12.1. The summed E-state index contributed by atoms with van der Waals surface area (Å²) in [5.74, 6) is -0.0268. The average Bonchev–Trinajstić information content (AvgIpc) is 2.34. The first-order valence-electron chi connectivity index (χ1n) is 6.68. The molecule has 0 aromatic heterocycles. The minimum absolute atomic E-state index is 0. The number of hydrogen-bond acceptors (Lipinski definition) is 3. The smallest absolute Gasteiger partial charge is 0.239 e. The number of carbonyl (C=O) groups is 2. The van der Waals surface area contributed by atoms with Crippen LogP contribution in [-0.2, 0) is 9.59 Å². The standard InChI is InChI=1S/C13H27N3O2.ClH/c1-5-9-16(10-6-2)13(18)11(14)7-8-12(17)15(3)4;/h11H,5-10,14H2,1-4H3;1H. The van der Waals surface area contributed by atoms with Gasteiger partial charge >= 0.3 is 0 Å². The fourth-order valence-corrected chi connectivity index (χ4v) is 1.73. The second kappa shape index (κ2) is 11.1. The second-order valence-electron chi connectivity index (χ2n) is 4.76. The highest BCUT2D eigenvalue weighted by Crippen LogP contribution is 2.04. The Kier molecular flexibility index (Phi) is 11.9. The van der Waals surface area contributed by atoms with Gasteiger partial charge in [-0.1, -0.05) is 13.8 Å². The number of hydrogen-bond donors (Lipinski definition) is 1. The van der Waals surface area contributed by atoms with Crippen LogP contribution in [0.15, 0.2) is 0 Å². The van der Waals surface area contributed by atoms with Crippen LogP contribution < -0.4 is 5.73 Å². The largest absolute Gasteiger partial charge is 0.349 e. The van der Waals surface area contributed by atoms with Crippen molar-refractivity contribution in [3.8, 4) is 0 Å². The van der Waals surface area contributed by atoms with Gasteiger partial charge in [-0.25, -0.2) is 0 Å². The van der Waals surface area contributed by atoms with Crippen LogP contribution in [0.5, 0.6) is 0 Å². The molecule has 6 heteroatoms. The van der Waals surface area contributed by atoms with E-state index in [0.29, 0.717) is 12.8 Å². The normalized spacial score (nSPS) is 11.4. The van der Waals surface area contributed by atoms with Crippen molar-refractivity contribution in [2.75, 3.05) is 27.2 Å². The highest BCUT2D eigenvalue weighted by Gasteiger charge is 2.20. The first kappa shape index (κ1) is 20.5. The van der Waals surface area contributed by atoms with Crippen LogP contribution in [0.3, 0.4) is 0 Å². The topological polar surface area (TPSA) is 66.6 Å². The molecule has 0 saturated heterocycles. The van der Waals surface area contributed by atoms with E-state index in [-0.39, 0.29) is 24.2 Å². The summed E-state index contributed by atoms with van der Waals surface area (Å²) in [7, 11) is 3.41. The van der Waals surface area contributed by atoms with Gasteiger partial charge in [-0.05, 0) is 19.3 Å². The summed E-state index contributed by atoms with van der Waals surface area (Å²) in [6.07, 6.45) is 2.59. The fraction of sp³-hybridized carbons (Fsp3) is 0.846. The molecule has 0 aliphatic carbocycles. The Hall–Kier alpha value is -0.810. The fourth-order valence-electron chi connectivity index (χ4n) is 1.73. The minimum atomic E-state index is -0.563. The van der Waals surface area contributed by atoms with Gasteiger partial charge in [-0.3, -0.25) is 9.59 Å². The van der Waals surface area contributed by atoms with Gasteiger partial charge < -0.3 is 15.5 Å². The molecule has 0 rings (SSSR count). The van der Waals surface area contributed by atoms with E-state index in [0.717, 1.165) is 25.9 Å². The average molecular weight is 294 g/mol. The number of carbonyl (C=O) groups excluding carboxylic acids is 2. The van der Waals surface area contributed by atoms with Crippen LogP contribution in [0, 0.1) is 0 Å². The Morgan fingerprint density at radius 3 is 1.95 bits per heavy atom. The highest BCUT2D eigenvalue weighted by molar-refractivity contribution is 5.85. The predicted octanol–water partition coefficient (Wildman–Crippen LogP) is 1.25. The molecule has 0 heterocycles. The molecule has 1 atom stereocenters. The van der Waals surface area contributed by atoms with Gasteiger partial charge in [0, 0.05) is 33.6 Å². The lowest BCUT2D eigenvalue weighted by atomic mass is 10.1. The Labute approximate surface area is 122 Å². The lowest BCUT2D eigenvalue weighted by Gasteiger charge is -2.25. The molecule has 0 saturated carbocycles. The molecule has 2 amide bonds. The van der Waals surface area contributed by atoms with E-state index in [1.165, 1.54) is 4.90 Å². The molecule has 0 aromatic carbocycles. The van der Waals surface area contributed by atoms with Gasteiger partial charge in [0.2, 0.25) is 11.8 Å². The molecule has 19 heavy (non-hydrogen) atoms. The molecule has 5 nitrogen and oxygen atoms in total. The summed E-state index contributed by atoms with van der Waals surface area (Å²) < 4.78 is 0. The Balaban J connectivity index is 0. The van der Waals surface area contributed by atoms with E-state index in [9.17, 15) is 9.59 Å². The monoisotopic (exact) mass is 293 g/mol. The molecule has 0 bridgehead atoms. The second-order valence-corrected chi connectivity index (χ2v) is 4.76. The first-order chi connectivity index (χ1) is 8.43. The van der Waals surface area contributed by atoms with Crippen molar-refractivity contribution in [1.82, 2.24) is 9.80 Å². The molecule has 1 unspecified atom stereocenters. The van der Waals surface area contributed by atoms with E-state index in [4.69, 9.17) is 5.73 Å². The quantitative estimate of drug-likeness (QED) is 0.732. The van der Waals surface area contributed by atoms with Crippen LogP contribution >= 0.6 is 12.4 Å². The number of halogens is 1. The van der Waals surface area contributed by atoms with Crippen LogP contribution in [0.4, 0.5) is 0 Å². The predicted molar refractivity (Wildman–Crippen MR) is 80.3 cm³/mol. The third-order valence-electron chi connectivity index (χ3n) is 2.78. The molecule has 0 aromatic rings. The maximum Gasteiger partial charge on any atom is 0.239 e. The summed E-state index contributed by atoms with van der Waals surface area (Å²) in [6.45, 7) is 5.55. The van der Waals surface area contributed by atoms with Gasteiger partial charge in [-0.2, -0.15) is 0 Å². The molecule has 114 valence electrons. The number of nitrogens with zero attached hydrogens (tertiary/aromatic N) is 2. The van der Waals surface area contributed by atoms with Gasteiger partial charge in [0.1, 0.15) is 0 Å². The van der Waals surface area contributed by atoms with Crippen LogP contribution in [0.25, 0.3) is 0 Å². The zero-order valence-electron chi connectivity index (χ0n) is 12.5. The summed E-state index contributed by atoms with van der Waals surface area (Å²) in [6, 6.07) is -0.563. The molecule has 0 spiro atoms. The van der Waals surface area contributed by atoms with E-state index >= 15 is 0 Å². The summed E-state index contributed by atoms with van der Waals surface area (Å²) in [5.41, 5.74) is 5.87. The molecular weight excluding hydrogens is 266 g/mol. The maximum atomic E-state index is 12.1. The third kappa shape index (κ3) is 8.06. The van der Waals surface area contributed by atoms with E-state index in [1.807, 2.05) is 13.8 Å². The molecule has 0 aliphatic rings. The minimum Gasteiger partial charge on any atom is -0.349 e. The summed E-state index contributed by atoms with van der Waals surface area (Å²) in [4.78, 5) is 26.8. The summed E-state index contributed by atoms with van der Waals surface area (Å²) >= 11 is 0. The Bertz CT molecular complexity index is 267. The van der Waals surface area contributed by atoms with Crippen molar-refractivity contribution < 1.29 is 9.59 Å². The molecule has 0 fully saturated rings. The molecular formula is C13H28ClN3O2. The van der Waals surface area contributed by atoms with Gasteiger partial charge in [0.15, 0.2) is 0 Å². The molecule has 0 radical (unpaired) electrons. The van der Waals surface area contributed by atoms with Crippen molar-refractivity contribution in [3.05, 3.63) is 0 Å². The van der Waals surface area contributed by atoms with Crippen molar-refractivity contribution in [3.63, 3.8) is 0 Å². The molecule has 0 aliphatic heterocycles. The third-order valence-corrected chi connectivity index (χ3v) is 2.78.